The summed E-state index contributed by atoms with van der Waals surface area (Å²) in [5.74, 6) is -1.73. The molecule has 92 valence electrons. The summed E-state index contributed by atoms with van der Waals surface area (Å²) in [4.78, 5) is 23.0. The molecule has 0 bridgehead atoms. The van der Waals surface area contributed by atoms with Gasteiger partial charge in [0.05, 0.1) is 11.8 Å². The first-order valence-corrected chi connectivity index (χ1v) is 6.09. The van der Waals surface area contributed by atoms with Crippen LogP contribution in [0, 0.1) is 11.8 Å². The maximum atomic E-state index is 11.9. The van der Waals surface area contributed by atoms with Gasteiger partial charge in [-0.05, 0) is 26.2 Å². The van der Waals surface area contributed by atoms with Crippen LogP contribution in [0.5, 0.6) is 0 Å². The Hall–Kier alpha value is -1.06. The molecule has 1 rings (SSSR count). The lowest BCUT2D eigenvalue weighted by Gasteiger charge is -2.28. The van der Waals surface area contributed by atoms with Crippen molar-refractivity contribution in [1.82, 2.24) is 5.32 Å². The zero-order valence-corrected chi connectivity index (χ0v) is 10.0. The fourth-order valence-electron chi connectivity index (χ4n) is 2.19. The fraction of sp³-hybridized carbons (Fsp3) is 0.833. The molecule has 4 heteroatoms. The monoisotopic (exact) mass is 227 g/mol. The van der Waals surface area contributed by atoms with Crippen molar-refractivity contribution in [2.45, 2.75) is 52.0 Å². The van der Waals surface area contributed by atoms with Crippen molar-refractivity contribution < 1.29 is 14.7 Å². The van der Waals surface area contributed by atoms with Crippen molar-refractivity contribution in [3.8, 4) is 0 Å². The van der Waals surface area contributed by atoms with Gasteiger partial charge in [-0.15, -0.1) is 0 Å². The van der Waals surface area contributed by atoms with Crippen LogP contribution in [-0.2, 0) is 9.59 Å². The molecule has 0 unspecified atom stereocenters. The summed E-state index contributed by atoms with van der Waals surface area (Å²) in [5.41, 5.74) is 0. The van der Waals surface area contributed by atoms with Gasteiger partial charge in [-0.1, -0.05) is 19.8 Å². The van der Waals surface area contributed by atoms with E-state index in [9.17, 15) is 9.59 Å². The number of carboxylic acids is 1. The molecule has 4 nitrogen and oxygen atoms in total. The normalized spacial score (nSPS) is 27.1. The zero-order chi connectivity index (χ0) is 12.1. The van der Waals surface area contributed by atoms with Crippen molar-refractivity contribution in [1.29, 1.82) is 0 Å². The van der Waals surface area contributed by atoms with Crippen molar-refractivity contribution in [3.63, 3.8) is 0 Å². The number of carbonyl (C=O) groups is 2. The minimum atomic E-state index is -0.830. The predicted molar refractivity (Wildman–Crippen MR) is 61.0 cm³/mol. The number of aliphatic carboxylic acids is 1. The Morgan fingerprint density at radius 1 is 1.31 bits per heavy atom. The van der Waals surface area contributed by atoms with Crippen LogP contribution in [0.4, 0.5) is 0 Å². The topological polar surface area (TPSA) is 66.4 Å². The minimum Gasteiger partial charge on any atom is -0.481 e. The Kier molecular flexibility index (Phi) is 4.77. The molecule has 3 atom stereocenters. The molecule has 0 aromatic rings. The van der Waals surface area contributed by atoms with E-state index in [0.717, 1.165) is 19.3 Å². The first-order valence-electron chi connectivity index (χ1n) is 6.09. The molecule has 1 aliphatic carbocycles. The lowest BCUT2D eigenvalue weighted by Crippen LogP contribution is -2.42. The third-order valence-electron chi connectivity index (χ3n) is 3.42. The zero-order valence-electron chi connectivity index (χ0n) is 10.0. The molecule has 1 saturated carbocycles. The van der Waals surface area contributed by atoms with Gasteiger partial charge < -0.3 is 10.4 Å². The van der Waals surface area contributed by atoms with E-state index >= 15 is 0 Å². The Morgan fingerprint density at radius 3 is 2.38 bits per heavy atom. The van der Waals surface area contributed by atoms with Crippen LogP contribution in [0.1, 0.15) is 46.0 Å². The number of hydrogen-bond acceptors (Lipinski definition) is 2. The van der Waals surface area contributed by atoms with Gasteiger partial charge in [-0.3, -0.25) is 9.59 Å². The molecule has 0 heterocycles. The molecular formula is C12H21NO3. The Bertz CT molecular complexity index is 265. The molecule has 16 heavy (non-hydrogen) atoms. The summed E-state index contributed by atoms with van der Waals surface area (Å²) in [5, 5.41) is 12.0. The third kappa shape index (κ3) is 3.22. The summed E-state index contributed by atoms with van der Waals surface area (Å²) < 4.78 is 0. The molecule has 1 aliphatic rings. The predicted octanol–water partition coefficient (Wildman–Crippen LogP) is 1.79. The highest BCUT2D eigenvalue weighted by Crippen LogP contribution is 2.30. The van der Waals surface area contributed by atoms with E-state index in [1.165, 1.54) is 0 Å². The first-order chi connectivity index (χ1) is 7.56. The average molecular weight is 227 g/mol. The lowest BCUT2D eigenvalue weighted by atomic mass is 9.78. The second kappa shape index (κ2) is 5.87. The first kappa shape index (κ1) is 13.0. The number of hydrogen-bond donors (Lipinski definition) is 2. The summed E-state index contributed by atoms with van der Waals surface area (Å²) in [6.07, 6.45) is 4.09. The van der Waals surface area contributed by atoms with E-state index in [1.807, 2.05) is 13.8 Å². The Labute approximate surface area is 96.4 Å². The molecule has 2 N–H and O–H groups in total. The number of rotatable bonds is 4. The van der Waals surface area contributed by atoms with Crippen LogP contribution in [0.2, 0.25) is 0 Å². The van der Waals surface area contributed by atoms with E-state index in [1.54, 1.807) is 0 Å². The van der Waals surface area contributed by atoms with E-state index in [2.05, 4.69) is 5.32 Å². The number of carbonyl (C=O) groups excluding carboxylic acids is 1. The maximum Gasteiger partial charge on any atom is 0.307 e. The molecule has 0 saturated heterocycles. The van der Waals surface area contributed by atoms with Gasteiger partial charge in [-0.2, -0.15) is 0 Å². The lowest BCUT2D eigenvalue weighted by molar-refractivity contribution is -0.149. The smallest absolute Gasteiger partial charge is 0.307 e. The third-order valence-corrected chi connectivity index (χ3v) is 3.42. The molecular weight excluding hydrogens is 206 g/mol. The van der Waals surface area contributed by atoms with Crippen LogP contribution >= 0.6 is 0 Å². The van der Waals surface area contributed by atoms with E-state index in [4.69, 9.17) is 5.11 Å². The van der Waals surface area contributed by atoms with Gasteiger partial charge in [-0.25, -0.2) is 0 Å². The molecule has 0 aromatic carbocycles. The van der Waals surface area contributed by atoms with Crippen LogP contribution < -0.4 is 5.32 Å². The quantitative estimate of drug-likeness (QED) is 0.769. The maximum absolute atomic E-state index is 11.9. The summed E-state index contributed by atoms with van der Waals surface area (Å²) in [6.45, 7) is 3.94. The second-order valence-electron chi connectivity index (χ2n) is 4.65. The molecule has 0 aromatic heterocycles. The standard InChI is InChI=1S/C12H21NO3/c1-3-8(2)13-11(14)9-6-4-5-7-10(9)12(15)16/h8-10H,3-7H2,1-2H3,(H,13,14)(H,15,16)/t8-,9-,10-/m0/s1. The van der Waals surface area contributed by atoms with Crippen LogP contribution in [0.3, 0.4) is 0 Å². The SMILES string of the molecule is CC[C@H](C)NC(=O)[C@H]1CCCC[C@@H]1C(=O)O. The van der Waals surface area contributed by atoms with Gasteiger partial charge in [0.15, 0.2) is 0 Å². The van der Waals surface area contributed by atoms with Crippen LogP contribution in [-0.4, -0.2) is 23.0 Å². The van der Waals surface area contributed by atoms with Gasteiger partial charge in [0.2, 0.25) is 5.91 Å². The van der Waals surface area contributed by atoms with Crippen molar-refractivity contribution in [3.05, 3.63) is 0 Å². The van der Waals surface area contributed by atoms with Crippen LogP contribution in [0.15, 0.2) is 0 Å². The van der Waals surface area contributed by atoms with Crippen molar-refractivity contribution in [2.75, 3.05) is 0 Å². The summed E-state index contributed by atoms with van der Waals surface area (Å²) >= 11 is 0. The van der Waals surface area contributed by atoms with Crippen molar-refractivity contribution in [2.24, 2.45) is 11.8 Å². The number of nitrogens with one attached hydrogen (secondary N) is 1. The number of amides is 1. The van der Waals surface area contributed by atoms with Gasteiger partial charge in [0, 0.05) is 6.04 Å². The number of carboxylic acid groups (broad SMARTS) is 1. The Balaban J connectivity index is 2.60. The molecule has 0 radical (unpaired) electrons. The molecule has 1 fully saturated rings. The van der Waals surface area contributed by atoms with Gasteiger partial charge in [0.1, 0.15) is 0 Å². The highest BCUT2D eigenvalue weighted by molar-refractivity contribution is 5.85. The van der Waals surface area contributed by atoms with Gasteiger partial charge >= 0.3 is 5.97 Å². The summed E-state index contributed by atoms with van der Waals surface area (Å²) in [7, 11) is 0. The largest absolute Gasteiger partial charge is 0.481 e. The van der Waals surface area contributed by atoms with Crippen LogP contribution in [0.25, 0.3) is 0 Å². The van der Waals surface area contributed by atoms with Crippen molar-refractivity contribution >= 4 is 11.9 Å². The highest BCUT2D eigenvalue weighted by Gasteiger charge is 2.35. The highest BCUT2D eigenvalue weighted by atomic mass is 16.4. The summed E-state index contributed by atoms with van der Waals surface area (Å²) in [6, 6.07) is 0.129. The fourth-order valence-corrected chi connectivity index (χ4v) is 2.19. The Morgan fingerprint density at radius 2 is 1.88 bits per heavy atom. The van der Waals surface area contributed by atoms with Gasteiger partial charge in [0.25, 0.3) is 0 Å². The average Bonchev–Trinajstić information content (AvgIpc) is 2.28. The van der Waals surface area contributed by atoms with E-state index < -0.39 is 11.9 Å². The van der Waals surface area contributed by atoms with E-state index in [-0.39, 0.29) is 17.9 Å². The molecule has 0 spiro atoms. The molecule has 0 aliphatic heterocycles. The minimum absolute atomic E-state index is 0.0820. The second-order valence-corrected chi connectivity index (χ2v) is 4.65. The van der Waals surface area contributed by atoms with E-state index in [0.29, 0.717) is 12.8 Å². The molecule has 1 amide bonds.